The lowest BCUT2D eigenvalue weighted by molar-refractivity contribution is 0.0522. The Morgan fingerprint density at radius 3 is 2.66 bits per heavy atom. The van der Waals surface area contributed by atoms with Crippen molar-refractivity contribution in [3.8, 4) is 17.1 Å². The number of hydrogen-bond acceptors (Lipinski definition) is 7. The first-order chi connectivity index (χ1) is 16.4. The van der Waals surface area contributed by atoms with Gasteiger partial charge in [-0.2, -0.15) is 5.10 Å². The van der Waals surface area contributed by atoms with E-state index in [0.29, 0.717) is 29.9 Å². The standard InChI is InChI=1S/C25H31N3O6S/c1-6-33-24(30)17-14-27-18(13-19(17)29)23-16-9-7-10-20(34-11-8-12-35(5,31)32)22(16)26-28(23)15-21(27)25(2,3)4/h7,9-10,13-14,21H,6,8,11-12,15H2,1-5H3. The fourth-order valence-electron chi connectivity index (χ4n) is 4.45. The first kappa shape index (κ1) is 25.0. The maximum absolute atomic E-state index is 12.9. The number of nitrogens with zero attached hydrogens (tertiary/aromatic N) is 3. The molecule has 1 aliphatic rings. The fraction of sp³-hybridized carbons (Fsp3) is 0.480. The predicted molar refractivity (Wildman–Crippen MR) is 134 cm³/mol. The molecule has 0 saturated heterocycles. The molecule has 0 bridgehead atoms. The lowest BCUT2D eigenvalue weighted by Crippen LogP contribution is -2.35. The van der Waals surface area contributed by atoms with E-state index >= 15 is 0 Å². The zero-order valence-corrected chi connectivity index (χ0v) is 21.5. The molecule has 3 aromatic rings. The normalized spacial score (nSPS) is 15.5. The summed E-state index contributed by atoms with van der Waals surface area (Å²) in [6, 6.07) is 6.98. The van der Waals surface area contributed by atoms with Crippen molar-refractivity contribution in [3.05, 3.63) is 46.2 Å². The van der Waals surface area contributed by atoms with Gasteiger partial charge in [-0.25, -0.2) is 13.2 Å². The number of benzene rings is 1. The average molecular weight is 502 g/mol. The first-order valence-electron chi connectivity index (χ1n) is 11.6. The van der Waals surface area contributed by atoms with Gasteiger partial charge in [0.1, 0.15) is 26.7 Å². The highest BCUT2D eigenvalue weighted by molar-refractivity contribution is 7.90. The third kappa shape index (κ3) is 4.98. The van der Waals surface area contributed by atoms with Crippen molar-refractivity contribution in [3.63, 3.8) is 0 Å². The largest absolute Gasteiger partial charge is 0.491 e. The van der Waals surface area contributed by atoms with E-state index in [1.165, 1.54) is 12.3 Å². The quantitative estimate of drug-likeness (QED) is 0.360. The second-order valence-corrected chi connectivity index (χ2v) is 12.2. The molecule has 1 aromatic carbocycles. The number of hydrogen-bond donors (Lipinski definition) is 0. The molecule has 1 atom stereocenters. The molecule has 10 heteroatoms. The number of fused-ring (bicyclic) bond motifs is 5. The van der Waals surface area contributed by atoms with Gasteiger partial charge in [0.05, 0.1) is 42.9 Å². The molecule has 2 aromatic heterocycles. The fourth-order valence-corrected chi connectivity index (χ4v) is 5.09. The molecule has 0 N–H and O–H groups in total. The van der Waals surface area contributed by atoms with Crippen LogP contribution >= 0.6 is 0 Å². The van der Waals surface area contributed by atoms with Crippen LogP contribution in [0.1, 0.15) is 50.5 Å². The van der Waals surface area contributed by atoms with E-state index in [-0.39, 0.29) is 36.0 Å². The lowest BCUT2D eigenvalue weighted by atomic mass is 9.85. The maximum atomic E-state index is 12.9. The van der Waals surface area contributed by atoms with Crippen LogP contribution in [0.3, 0.4) is 0 Å². The van der Waals surface area contributed by atoms with E-state index in [0.717, 1.165) is 11.1 Å². The summed E-state index contributed by atoms with van der Waals surface area (Å²) in [5.74, 6) is -0.0221. The van der Waals surface area contributed by atoms with Crippen LogP contribution in [0.4, 0.5) is 0 Å². The second kappa shape index (κ2) is 9.14. The van der Waals surface area contributed by atoms with Gasteiger partial charge < -0.3 is 14.0 Å². The number of pyridine rings is 1. The third-order valence-corrected chi connectivity index (χ3v) is 7.18. The van der Waals surface area contributed by atoms with E-state index in [4.69, 9.17) is 14.6 Å². The van der Waals surface area contributed by atoms with Crippen LogP contribution in [0.15, 0.2) is 35.3 Å². The lowest BCUT2D eigenvalue weighted by Gasteiger charge is -2.38. The molecule has 9 nitrogen and oxygen atoms in total. The highest BCUT2D eigenvalue weighted by Crippen LogP contribution is 2.43. The Morgan fingerprint density at radius 1 is 1.26 bits per heavy atom. The topological polar surface area (TPSA) is 109 Å². The Morgan fingerprint density at radius 2 is 2.00 bits per heavy atom. The summed E-state index contributed by atoms with van der Waals surface area (Å²) in [6.45, 7) is 9.00. The number of rotatable bonds is 7. The minimum absolute atomic E-state index is 0.0111. The van der Waals surface area contributed by atoms with Gasteiger partial charge in [0.15, 0.2) is 5.43 Å². The van der Waals surface area contributed by atoms with Crippen LogP contribution in [-0.4, -0.2) is 54.0 Å². The van der Waals surface area contributed by atoms with Gasteiger partial charge >= 0.3 is 5.97 Å². The summed E-state index contributed by atoms with van der Waals surface area (Å²) in [4.78, 5) is 25.4. The van der Waals surface area contributed by atoms with Crippen molar-refractivity contribution in [2.24, 2.45) is 5.41 Å². The van der Waals surface area contributed by atoms with Crippen LogP contribution in [0.25, 0.3) is 22.3 Å². The number of carbonyl (C=O) groups excluding carboxylic acids is 1. The Kier molecular flexibility index (Phi) is 6.52. The molecular weight excluding hydrogens is 470 g/mol. The number of ether oxygens (including phenoxy) is 2. The molecule has 0 radical (unpaired) electrons. The SMILES string of the molecule is CCOC(=O)c1cn2c(cc1=O)-c1c3cccc(OCCCS(C)(=O)=O)c3nn1CC2C(C)(C)C. The summed E-state index contributed by atoms with van der Waals surface area (Å²) < 4.78 is 37.7. The van der Waals surface area contributed by atoms with Crippen LogP contribution in [0.5, 0.6) is 5.75 Å². The number of carbonyl (C=O) groups is 1. The molecule has 0 saturated carbocycles. The zero-order chi connectivity index (χ0) is 25.5. The predicted octanol–water partition coefficient (Wildman–Crippen LogP) is 3.46. The molecule has 1 unspecified atom stereocenters. The van der Waals surface area contributed by atoms with Crippen molar-refractivity contribution in [1.29, 1.82) is 0 Å². The molecule has 188 valence electrons. The van der Waals surface area contributed by atoms with Gasteiger partial charge in [-0.05, 0) is 24.8 Å². The smallest absolute Gasteiger partial charge is 0.343 e. The second-order valence-electron chi connectivity index (χ2n) is 9.96. The van der Waals surface area contributed by atoms with Crippen molar-refractivity contribution >= 4 is 26.7 Å². The van der Waals surface area contributed by atoms with Gasteiger partial charge in [0.2, 0.25) is 0 Å². The monoisotopic (exact) mass is 501 g/mol. The van der Waals surface area contributed by atoms with E-state index in [1.807, 2.05) is 21.4 Å². The van der Waals surface area contributed by atoms with Crippen molar-refractivity contribution in [2.75, 3.05) is 25.2 Å². The molecule has 4 rings (SSSR count). The Labute approximate surface area is 204 Å². The minimum atomic E-state index is -3.06. The van der Waals surface area contributed by atoms with Gasteiger partial charge in [-0.1, -0.05) is 32.9 Å². The van der Waals surface area contributed by atoms with Gasteiger partial charge in [-0.3, -0.25) is 9.48 Å². The first-order valence-corrected chi connectivity index (χ1v) is 13.7. The van der Waals surface area contributed by atoms with Crippen LogP contribution in [0.2, 0.25) is 0 Å². The maximum Gasteiger partial charge on any atom is 0.343 e. The Bertz CT molecular complexity index is 1450. The van der Waals surface area contributed by atoms with Crippen molar-refractivity contribution < 1.29 is 22.7 Å². The summed E-state index contributed by atoms with van der Waals surface area (Å²) in [7, 11) is -3.06. The molecule has 0 amide bonds. The summed E-state index contributed by atoms with van der Waals surface area (Å²) in [5.41, 5.74) is 1.50. The minimum Gasteiger partial charge on any atom is -0.491 e. The van der Waals surface area contributed by atoms with Crippen LogP contribution in [-0.2, 0) is 21.1 Å². The molecule has 1 aliphatic heterocycles. The van der Waals surface area contributed by atoms with E-state index in [2.05, 4.69) is 20.8 Å². The number of aromatic nitrogens is 3. The molecule has 0 fully saturated rings. The highest BCUT2D eigenvalue weighted by atomic mass is 32.2. The highest BCUT2D eigenvalue weighted by Gasteiger charge is 2.35. The van der Waals surface area contributed by atoms with Crippen molar-refractivity contribution in [1.82, 2.24) is 14.3 Å². The molecule has 3 heterocycles. The van der Waals surface area contributed by atoms with E-state index in [9.17, 15) is 18.0 Å². The summed E-state index contributed by atoms with van der Waals surface area (Å²) in [5, 5.41) is 5.64. The van der Waals surface area contributed by atoms with Crippen molar-refractivity contribution in [2.45, 2.75) is 46.7 Å². The van der Waals surface area contributed by atoms with E-state index in [1.54, 1.807) is 19.2 Å². The van der Waals surface area contributed by atoms with Crippen LogP contribution < -0.4 is 10.2 Å². The molecular formula is C25H31N3O6S. The Hall–Kier alpha value is -3.14. The van der Waals surface area contributed by atoms with E-state index < -0.39 is 21.2 Å². The summed E-state index contributed by atoms with van der Waals surface area (Å²) >= 11 is 0. The van der Waals surface area contributed by atoms with Gasteiger partial charge in [0, 0.05) is 23.9 Å². The number of esters is 1. The number of sulfone groups is 1. The molecule has 0 aliphatic carbocycles. The van der Waals surface area contributed by atoms with Gasteiger partial charge in [0.25, 0.3) is 0 Å². The Balaban J connectivity index is 1.82. The zero-order valence-electron chi connectivity index (χ0n) is 20.7. The molecule has 0 spiro atoms. The summed E-state index contributed by atoms with van der Waals surface area (Å²) in [6.07, 6.45) is 3.19. The van der Waals surface area contributed by atoms with Crippen LogP contribution in [0, 0.1) is 5.41 Å². The van der Waals surface area contributed by atoms with Gasteiger partial charge in [-0.15, -0.1) is 0 Å². The molecule has 35 heavy (non-hydrogen) atoms. The third-order valence-electron chi connectivity index (χ3n) is 6.15. The average Bonchev–Trinajstić information content (AvgIpc) is 3.14.